The van der Waals surface area contributed by atoms with Crippen molar-refractivity contribution in [3.63, 3.8) is 0 Å². The van der Waals surface area contributed by atoms with Gasteiger partial charge in [0.05, 0.1) is 28.9 Å². The lowest BCUT2D eigenvalue weighted by atomic mass is 10.0. The molecule has 29 heavy (non-hydrogen) atoms. The molecular weight excluding hydrogens is 438 g/mol. The minimum atomic E-state index is -1.08. The lowest BCUT2D eigenvalue weighted by molar-refractivity contribution is 0.0699. The van der Waals surface area contributed by atoms with Crippen LogP contribution in [0.2, 0.25) is 0 Å². The second kappa shape index (κ2) is 7.56. The molecule has 0 fully saturated rings. The SMILES string of the molecule is CCOc1cc(-c2cc(C(=O)O)c3c(-c4ccc(Br)cc4)[nH]nc3n2)ccc1O. The van der Waals surface area contributed by atoms with E-state index in [0.29, 0.717) is 40.3 Å². The zero-order chi connectivity index (χ0) is 20.5. The number of hydrogen-bond donors (Lipinski definition) is 3. The smallest absolute Gasteiger partial charge is 0.336 e. The number of ether oxygens (including phenoxy) is 1. The van der Waals surface area contributed by atoms with E-state index in [1.165, 1.54) is 12.1 Å². The molecule has 2 aromatic carbocycles. The number of phenolic OH excluding ortho intramolecular Hbond substituents is 1. The normalized spacial score (nSPS) is 11.0. The van der Waals surface area contributed by atoms with Gasteiger partial charge in [-0.1, -0.05) is 28.1 Å². The van der Waals surface area contributed by atoms with Crippen LogP contribution in [0, 0.1) is 0 Å². The average Bonchev–Trinajstić information content (AvgIpc) is 3.13. The number of pyridine rings is 1. The third kappa shape index (κ3) is 3.54. The van der Waals surface area contributed by atoms with E-state index in [9.17, 15) is 15.0 Å². The number of halogens is 1. The zero-order valence-electron chi connectivity index (χ0n) is 15.3. The van der Waals surface area contributed by atoms with Crippen LogP contribution < -0.4 is 4.74 Å². The first-order chi connectivity index (χ1) is 14.0. The number of H-pyrrole nitrogens is 1. The number of aromatic nitrogens is 3. The van der Waals surface area contributed by atoms with E-state index in [0.717, 1.165) is 10.0 Å². The minimum absolute atomic E-state index is 0.00688. The van der Waals surface area contributed by atoms with Gasteiger partial charge in [-0.25, -0.2) is 9.78 Å². The summed E-state index contributed by atoms with van der Waals surface area (Å²) in [6, 6.07) is 13.7. The van der Waals surface area contributed by atoms with E-state index in [2.05, 4.69) is 31.1 Å². The van der Waals surface area contributed by atoms with Crippen molar-refractivity contribution in [3.8, 4) is 34.0 Å². The molecule has 7 nitrogen and oxygen atoms in total. The Morgan fingerprint density at radius 3 is 2.55 bits per heavy atom. The lowest BCUT2D eigenvalue weighted by Gasteiger charge is -2.09. The highest BCUT2D eigenvalue weighted by Crippen LogP contribution is 2.35. The van der Waals surface area contributed by atoms with Crippen LogP contribution >= 0.6 is 15.9 Å². The summed E-state index contributed by atoms with van der Waals surface area (Å²) in [5, 5.41) is 27.3. The molecule has 0 amide bonds. The predicted octanol–water partition coefficient (Wildman–Crippen LogP) is 4.86. The fraction of sp³-hybridized carbons (Fsp3) is 0.0952. The van der Waals surface area contributed by atoms with Crippen molar-refractivity contribution in [2.45, 2.75) is 6.92 Å². The molecule has 0 aliphatic rings. The van der Waals surface area contributed by atoms with Crippen molar-refractivity contribution >= 4 is 32.9 Å². The Kier molecular flexibility index (Phi) is 4.94. The molecule has 146 valence electrons. The highest BCUT2D eigenvalue weighted by Gasteiger charge is 2.20. The number of aromatic amines is 1. The maximum atomic E-state index is 12.0. The van der Waals surface area contributed by atoms with E-state index in [1.807, 2.05) is 31.2 Å². The molecule has 0 saturated heterocycles. The first kappa shape index (κ1) is 18.9. The first-order valence-corrected chi connectivity index (χ1v) is 9.61. The Bertz CT molecular complexity index is 1220. The molecule has 0 atom stereocenters. The fourth-order valence-corrected chi connectivity index (χ4v) is 3.37. The summed E-state index contributed by atoms with van der Waals surface area (Å²) >= 11 is 3.39. The monoisotopic (exact) mass is 453 g/mol. The highest BCUT2D eigenvalue weighted by atomic mass is 79.9. The van der Waals surface area contributed by atoms with Gasteiger partial charge in [0.1, 0.15) is 0 Å². The Labute approximate surface area is 174 Å². The van der Waals surface area contributed by atoms with Crippen molar-refractivity contribution in [1.82, 2.24) is 15.2 Å². The molecule has 0 radical (unpaired) electrons. The van der Waals surface area contributed by atoms with Crippen LogP contribution in [-0.4, -0.2) is 38.0 Å². The Morgan fingerprint density at radius 1 is 1.14 bits per heavy atom. The van der Waals surface area contributed by atoms with Gasteiger partial charge in [0.2, 0.25) is 0 Å². The molecule has 4 aromatic rings. The third-order valence-corrected chi connectivity index (χ3v) is 4.97. The van der Waals surface area contributed by atoms with Crippen LogP contribution in [0.15, 0.2) is 53.0 Å². The molecule has 4 rings (SSSR count). The number of carboxylic acid groups (broad SMARTS) is 1. The van der Waals surface area contributed by atoms with E-state index >= 15 is 0 Å². The van der Waals surface area contributed by atoms with Gasteiger partial charge in [-0.05, 0) is 43.3 Å². The van der Waals surface area contributed by atoms with E-state index in [-0.39, 0.29) is 11.3 Å². The Balaban J connectivity index is 1.90. The maximum absolute atomic E-state index is 12.0. The van der Waals surface area contributed by atoms with Crippen LogP contribution in [0.4, 0.5) is 0 Å². The Morgan fingerprint density at radius 2 is 1.86 bits per heavy atom. The van der Waals surface area contributed by atoms with E-state index in [4.69, 9.17) is 4.74 Å². The highest BCUT2D eigenvalue weighted by molar-refractivity contribution is 9.10. The molecule has 0 unspecified atom stereocenters. The second-order valence-corrected chi connectivity index (χ2v) is 7.20. The number of nitrogens with one attached hydrogen (secondary N) is 1. The number of aromatic hydroxyl groups is 1. The van der Waals surface area contributed by atoms with Crippen LogP contribution in [0.1, 0.15) is 17.3 Å². The molecular formula is C21H16BrN3O4. The van der Waals surface area contributed by atoms with Gasteiger partial charge in [0.25, 0.3) is 0 Å². The largest absolute Gasteiger partial charge is 0.504 e. The summed E-state index contributed by atoms with van der Waals surface area (Å²) in [5.41, 5.74) is 2.81. The fourth-order valence-electron chi connectivity index (χ4n) is 3.11. The molecule has 3 N–H and O–H groups in total. The van der Waals surface area contributed by atoms with Crippen molar-refractivity contribution in [1.29, 1.82) is 0 Å². The summed E-state index contributed by atoms with van der Waals surface area (Å²) in [6.45, 7) is 2.20. The van der Waals surface area contributed by atoms with Crippen molar-refractivity contribution in [2.24, 2.45) is 0 Å². The standard InChI is InChI=1S/C21H16BrN3O4/c1-2-29-17-9-12(5-8-16(17)26)15-10-14(21(27)28)18-19(24-25-20(18)23-15)11-3-6-13(22)7-4-11/h3-10,26H,2H2,1H3,(H,27,28)(H,23,24,25). The van der Waals surface area contributed by atoms with Gasteiger partial charge < -0.3 is 14.9 Å². The number of hydrogen-bond acceptors (Lipinski definition) is 5. The zero-order valence-corrected chi connectivity index (χ0v) is 16.9. The number of phenols is 1. The molecule has 8 heteroatoms. The lowest BCUT2D eigenvalue weighted by Crippen LogP contribution is -2.00. The minimum Gasteiger partial charge on any atom is -0.504 e. The number of benzene rings is 2. The number of aromatic carboxylic acids is 1. The van der Waals surface area contributed by atoms with Gasteiger partial charge >= 0.3 is 5.97 Å². The predicted molar refractivity (Wildman–Crippen MR) is 112 cm³/mol. The van der Waals surface area contributed by atoms with Crippen molar-refractivity contribution in [2.75, 3.05) is 6.61 Å². The maximum Gasteiger partial charge on any atom is 0.336 e. The topological polar surface area (TPSA) is 108 Å². The summed E-state index contributed by atoms with van der Waals surface area (Å²) in [6.07, 6.45) is 0. The molecule has 2 heterocycles. The van der Waals surface area contributed by atoms with Crippen LogP contribution in [0.25, 0.3) is 33.5 Å². The number of carbonyl (C=O) groups is 1. The van der Waals surface area contributed by atoms with Gasteiger partial charge in [-0.2, -0.15) is 5.10 Å². The molecule has 0 spiro atoms. The van der Waals surface area contributed by atoms with Gasteiger partial charge in [0, 0.05) is 15.6 Å². The Hall–Kier alpha value is -3.39. The molecule has 2 aromatic heterocycles. The molecule has 0 bridgehead atoms. The van der Waals surface area contributed by atoms with E-state index in [1.54, 1.807) is 12.1 Å². The van der Waals surface area contributed by atoms with Crippen molar-refractivity contribution < 1.29 is 19.7 Å². The second-order valence-electron chi connectivity index (χ2n) is 6.28. The van der Waals surface area contributed by atoms with Gasteiger partial charge in [0.15, 0.2) is 17.1 Å². The van der Waals surface area contributed by atoms with Crippen LogP contribution in [-0.2, 0) is 0 Å². The molecule has 0 saturated carbocycles. The average molecular weight is 454 g/mol. The van der Waals surface area contributed by atoms with Gasteiger partial charge in [-0.15, -0.1) is 0 Å². The summed E-state index contributed by atoms with van der Waals surface area (Å²) in [7, 11) is 0. The molecule has 0 aliphatic heterocycles. The quantitative estimate of drug-likeness (QED) is 0.398. The number of nitrogens with zero attached hydrogens (tertiary/aromatic N) is 2. The van der Waals surface area contributed by atoms with E-state index < -0.39 is 5.97 Å². The number of carboxylic acids is 1. The summed E-state index contributed by atoms with van der Waals surface area (Å²) < 4.78 is 6.33. The molecule has 0 aliphatic carbocycles. The first-order valence-electron chi connectivity index (χ1n) is 8.82. The van der Waals surface area contributed by atoms with Crippen LogP contribution in [0.5, 0.6) is 11.5 Å². The van der Waals surface area contributed by atoms with Crippen LogP contribution in [0.3, 0.4) is 0 Å². The summed E-state index contributed by atoms with van der Waals surface area (Å²) in [5.74, 6) is -0.768. The summed E-state index contributed by atoms with van der Waals surface area (Å²) in [4.78, 5) is 16.5. The third-order valence-electron chi connectivity index (χ3n) is 4.44. The number of rotatable bonds is 5. The van der Waals surface area contributed by atoms with Crippen molar-refractivity contribution in [3.05, 3.63) is 58.6 Å². The number of fused-ring (bicyclic) bond motifs is 1. The van der Waals surface area contributed by atoms with Gasteiger partial charge in [-0.3, -0.25) is 5.10 Å².